The maximum absolute atomic E-state index is 12.6. The maximum atomic E-state index is 12.6. The highest BCUT2D eigenvalue weighted by molar-refractivity contribution is 5.79. The predicted molar refractivity (Wildman–Crippen MR) is 96.6 cm³/mol. The number of hydrogen-bond acceptors (Lipinski definition) is 3. The Hall–Kier alpha value is -1.62. The average molecular weight is 333 g/mol. The van der Waals surface area contributed by atoms with Crippen molar-refractivity contribution in [2.45, 2.75) is 44.6 Å². The van der Waals surface area contributed by atoms with Crippen LogP contribution >= 0.6 is 0 Å². The first-order chi connectivity index (χ1) is 11.5. The first-order valence-electron chi connectivity index (χ1n) is 9.02. The van der Waals surface area contributed by atoms with E-state index in [4.69, 9.17) is 0 Å². The maximum Gasteiger partial charge on any atom is 0.237 e. The van der Waals surface area contributed by atoms with Gasteiger partial charge in [-0.05, 0) is 12.8 Å². The molecule has 1 saturated heterocycles. The van der Waals surface area contributed by atoms with Crippen molar-refractivity contribution in [3.63, 3.8) is 0 Å². The third kappa shape index (κ3) is 4.26. The molecule has 1 saturated carbocycles. The van der Waals surface area contributed by atoms with E-state index in [0.717, 1.165) is 32.5 Å². The van der Waals surface area contributed by atoms with Gasteiger partial charge in [0.25, 0.3) is 0 Å². The van der Waals surface area contributed by atoms with E-state index < -0.39 is 0 Å². The van der Waals surface area contributed by atoms with Crippen LogP contribution in [0.4, 0.5) is 0 Å². The molecule has 2 amide bonds. The smallest absolute Gasteiger partial charge is 0.237 e. The van der Waals surface area contributed by atoms with Crippen molar-refractivity contribution in [2.75, 3.05) is 39.3 Å². The lowest BCUT2D eigenvalue weighted by Crippen LogP contribution is -2.65. The van der Waals surface area contributed by atoms with Gasteiger partial charge in [0.2, 0.25) is 11.8 Å². The summed E-state index contributed by atoms with van der Waals surface area (Å²) >= 11 is 0. The zero-order chi connectivity index (χ0) is 17.6. The molecule has 1 spiro atoms. The molecule has 0 radical (unpaired) electrons. The molecule has 2 fully saturated rings. The highest BCUT2D eigenvalue weighted by atomic mass is 16.2. The molecule has 0 bridgehead atoms. The third-order valence-electron chi connectivity index (χ3n) is 5.31. The molecule has 0 aromatic carbocycles. The summed E-state index contributed by atoms with van der Waals surface area (Å²) in [5.41, 5.74) is -0.0652. The number of carbonyl (C=O) groups is 2. The summed E-state index contributed by atoms with van der Waals surface area (Å²) in [5, 5.41) is 0. The summed E-state index contributed by atoms with van der Waals surface area (Å²) in [7, 11) is 0. The summed E-state index contributed by atoms with van der Waals surface area (Å²) in [6.45, 7) is 12.9. The second-order valence-electron chi connectivity index (χ2n) is 7.04. The Morgan fingerprint density at radius 1 is 1.08 bits per heavy atom. The Labute approximate surface area is 146 Å². The van der Waals surface area contributed by atoms with E-state index >= 15 is 0 Å². The molecule has 134 valence electrons. The van der Waals surface area contributed by atoms with E-state index in [1.54, 1.807) is 24.0 Å². The van der Waals surface area contributed by atoms with Gasteiger partial charge in [0.1, 0.15) is 0 Å². The van der Waals surface area contributed by atoms with Crippen molar-refractivity contribution in [1.82, 2.24) is 14.7 Å². The summed E-state index contributed by atoms with van der Waals surface area (Å²) in [5.74, 6) is 0.278. The summed E-state index contributed by atoms with van der Waals surface area (Å²) in [6, 6.07) is 0. The molecule has 2 aliphatic rings. The molecule has 2 rings (SSSR count). The van der Waals surface area contributed by atoms with E-state index in [-0.39, 0.29) is 17.4 Å². The Balaban J connectivity index is 2.04. The molecule has 24 heavy (non-hydrogen) atoms. The van der Waals surface area contributed by atoms with E-state index in [2.05, 4.69) is 23.0 Å². The first-order valence-corrected chi connectivity index (χ1v) is 9.02. The van der Waals surface area contributed by atoms with Crippen molar-refractivity contribution in [3.05, 3.63) is 25.3 Å². The van der Waals surface area contributed by atoms with Crippen LogP contribution in [0, 0.1) is 0 Å². The zero-order valence-electron chi connectivity index (χ0n) is 15.0. The second kappa shape index (κ2) is 8.47. The minimum atomic E-state index is -0.0652. The standard InChI is InChI=1S/C19H31N3O2/c1-4-11-21(12-5-2)18(24)15-20-13-14-22(17(3)23)19(16-20)9-7-6-8-10-19/h4-5H,1-2,6-16H2,3H3. The normalized spacial score (nSPS) is 20.6. The monoisotopic (exact) mass is 333 g/mol. The molecule has 0 N–H and O–H groups in total. The molecule has 0 aromatic rings. The Morgan fingerprint density at radius 2 is 1.71 bits per heavy atom. The van der Waals surface area contributed by atoms with Gasteiger partial charge in [0.15, 0.2) is 0 Å². The van der Waals surface area contributed by atoms with Crippen LogP contribution in [0.3, 0.4) is 0 Å². The lowest BCUT2D eigenvalue weighted by Gasteiger charge is -2.52. The SMILES string of the molecule is C=CCN(CC=C)C(=O)CN1CCN(C(C)=O)C2(CCCCC2)C1. The van der Waals surface area contributed by atoms with Crippen LogP contribution < -0.4 is 0 Å². The van der Waals surface area contributed by atoms with Crippen LogP contribution in [0.15, 0.2) is 25.3 Å². The van der Waals surface area contributed by atoms with Crippen molar-refractivity contribution < 1.29 is 9.59 Å². The molecule has 0 atom stereocenters. The van der Waals surface area contributed by atoms with Gasteiger partial charge in [-0.1, -0.05) is 31.4 Å². The highest BCUT2D eigenvalue weighted by Crippen LogP contribution is 2.36. The molecule has 0 unspecified atom stereocenters. The summed E-state index contributed by atoms with van der Waals surface area (Å²) < 4.78 is 0. The fraction of sp³-hybridized carbons (Fsp3) is 0.684. The zero-order valence-corrected chi connectivity index (χ0v) is 15.0. The van der Waals surface area contributed by atoms with Gasteiger partial charge < -0.3 is 9.80 Å². The van der Waals surface area contributed by atoms with Gasteiger partial charge >= 0.3 is 0 Å². The van der Waals surface area contributed by atoms with Crippen molar-refractivity contribution >= 4 is 11.8 Å². The third-order valence-corrected chi connectivity index (χ3v) is 5.31. The molecule has 1 aliphatic heterocycles. The summed E-state index contributed by atoms with van der Waals surface area (Å²) in [4.78, 5) is 30.7. The van der Waals surface area contributed by atoms with Crippen LogP contribution in [-0.4, -0.2) is 71.3 Å². The molecule has 5 nitrogen and oxygen atoms in total. The van der Waals surface area contributed by atoms with Crippen molar-refractivity contribution in [3.8, 4) is 0 Å². The number of rotatable bonds is 6. The highest BCUT2D eigenvalue weighted by Gasteiger charge is 2.43. The molecule has 0 aromatic heterocycles. The molecule has 1 heterocycles. The lowest BCUT2D eigenvalue weighted by atomic mass is 9.78. The Kier molecular flexibility index (Phi) is 6.60. The van der Waals surface area contributed by atoms with Gasteiger partial charge in [-0.15, -0.1) is 13.2 Å². The fourth-order valence-corrected chi connectivity index (χ4v) is 4.20. The van der Waals surface area contributed by atoms with Gasteiger partial charge in [-0.25, -0.2) is 0 Å². The first kappa shape index (κ1) is 18.7. The number of amides is 2. The van der Waals surface area contributed by atoms with Gasteiger partial charge in [0.05, 0.1) is 12.1 Å². The molecule has 1 aliphatic carbocycles. The largest absolute Gasteiger partial charge is 0.335 e. The number of piperazine rings is 1. The summed E-state index contributed by atoms with van der Waals surface area (Å²) in [6.07, 6.45) is 9.20. The van der Waals surface area contributed by atoms with Crippen LogP contribution in [0.2, 0.25) is 0 Å². The van der Waals surface area contributed by atoms with Gasteiger partial charge in [-0.3, -0.25) is 14.5 Å². The van der Waals surface area contributed by atoms with E-state index in [1.807, 2.05) is 0 Å². The second-order valence-corrected chi connectivity index (χ2v) is 7.04. The van der Waals surface area contributed by atoms with Gasteiger partial charge in [-0.2, -0.15) is 0 Å². The topological polar surface area (TPSA) is 43.9 Å². The van der Waals surface area contributed by atoms with E-state index in [9.17, 15) is 9.59 Å². The molecular weight excluding hydrogens is 302 g/mol. The minimum absolute atomic E-state index is 0.0652. The molecule has 5 heteroatoms. The quantitative estimate of drug-likeness (QED) is 0.699. The van der Waals surface area contributed by atoms with E-state index in [1.165, 1.54) is 19.3 Å². The van der Waals surface area contributed by atoms with E-state index in [0.29, 0.717) is 19.6 Å². The lowest BCUT2D eigenvalue weighted by molar-refractivity contribution is -0.144. The van der Waals surface area contributed by atoms with Crippen LogP contribution in [-0.2, 0) is 9.59 Å². The van der Waals surface area contributed by atoms with Crippen LogP contribution in [0.25, 0.3) is 0 Å². The number of carbonyl (C=O) groups excluding carboxylic acids is 2. The Morgan fingerprint density at radius 3 is 2.25 bits per heavy atom. The van der Waals surface area contributed by atoms with Crippen molar-refractivity contribution in [1.29, 1.82) is 0 Å². The van der Waals surface area contributed by atoms with Gasteiger partial charge in [0, 0.05) is 39.6 Å². The van der Waals surface area contributed by atoms with Crippen LogP contribution in [0.5, 0.6) is 0 Å². The molecular formula is C19H31N3O2. The van der Waals surface area contributed by atoms with Crippen molar-refractivity contribution in [2.24, 2.45) is 0 Å². The predicted octanol–water partition coefficient (Wildman–Crippen LogP) is 2.05. The van der Waals surface area contributed by atoms with Crippen LogP contribution in [0.1, 0.15) is 39.0 Å². The minimum Gasteiger partial charge on any atom is -0.335 e. The average Bonchev–Trinajstić information content (AvgIpc) is 2.55. The number of nitrogens with zero attached hydrogens (tertiary/aromatic N) is 3. The number of hydrogen-bond donors (Lipinski definition) is 0. The fourth-order valence-electron chi connectivity index (χ4n) is 4.20. The Bertz CT molecular complexity index is 473.